The van der Waals surface area contributed by atoms with Crippen molar-refractivity contribution in [3.8, 4) is 11.9 Å². The molecule has 0 spiro atoms. The van der Waals surface area contributed by atoms with Gasteiger partial charge in [0.05, 0.1) is 9.86 Å². The van der Waals surface area contributed by atoms with Crippen LogP contribution in [0, 0.1) is 11.6 Å². The van der Waals surface area contributed by atoms with E-state index >= 15 is 0 Å². The van der Waals surface area contributed by atoms with Crippen LogP contribution < -0.4 is 0 Å². The lowest BCUT2D eigenvalue weighted by Gasteiger charge is -2.04. The van der Waals surface area contributed by atoms with Gasteiger partial charge in [-0.15, -0.1) is 0 Å². The van der Waals surface area contributed by atoms with Crippen molar-refractivity contribution in [2.24, 2.45) is 0 Å². The van der Waals surface area contributed by atoms with Crippen molar-refractivity contribution in [3.05, 3.63) is 22.2 Å². The Hall–Kier alpha value is -1.50. The van der Waals surface area contributed by atoms with E-state index in [0.717, 1.165) is 0 Å². The molecule has 4 nitrogen and oxygen atoms in total. The normalized spacial score (nSPS) is 10.9. The number of benzene rings is 1. The lowest BCUT2D eigenvalue weighted by atomic mass is 10.2. The predicted octanol–water partition coefficient (Wildman–Crippen LogP) is 2.08. The highest BCUT2D eigenvalue weighted by atomic mass is 79.9. The zero-order valence-electron chi connectivity index (χ0n) is 7.00. The van der Waals surface area contributed by atoms with Crippen LogP contribution in [0.25, 0.3) is 10.9 Å². The summed E-state index contributed by atoms with van der Waals surface area (Å²) in [6, 6.07) is -0.185. The van der Waals surface area contributed by atoms with Crippen LogP contribution in [0.2, 0.25) is 0 Å². The average molecular weight is 277 g/mol. The molecule has 0 unspecified atom stereocenters. The fourth-order valence-electron chi connectivity index (χ4n) is 1.17. The number of hydrogen-bond donors (Lipinski definition) is 2. The monoisotopic (exact) mass is 276 g/mol. The van der Waals surface area contributed by atoms with Gasteiger partial charge in [0, 0.05) is 6.07 Å². The van der Waals surface area contributed by atoms with E-state index in [1.165, 1.54) is 0 Å². The van der Waals surface area contributed by atoms with E-state index in [-0.39, 0.29) is 15.4 Å². The quantitative estimate of drug-likeness (QED) is 0.723. The van der Waals surface area contributed by atoms with Crippen LogP contribution in [0.3, 0.4) is 0 Å². The second kappa shape index (κ2) is 3.27. The predicted molar refractivity (Wildman–Crippen MR) is 50.5 cm³/mol. The van der Waals surface area contributed by atoms with Gasteiger partial charge in [0.2, 0.25) is 5.88 Å². The highest BCUT2D eigenvalue weighted by molar-refractivity contribution is 9.10. The molecule has 0 amide bonds. The van der Waals surface area contributed by atoms with Gasteiger partial charge < -0.3 is 10.2 Å². The van der Waals surface area contributed by atoms with Crippen LogP contribution in [0.1, 0.15) is 0 Å². The first-order valence-electron chi connectivity index (χ1n) is 3.74. The molecule has 0 fully saturated rings. The molecule has 1 aromatic heterocycles. The molecule has 0 atom stereocenters. The highest BCUT2D eigenvalue weighted by Crippen LogP contribution is 2.33. The van der Waals surface area contributed by atoms with E-state index in [0.29, 0.717) is 6.07 Å². The maximum Gasteiger partial charge on any atom is 0.317 e. The van der Waals surface area contributed by atoms with Gasteiger partial charge in [0.15, 0.2) is 5.82 Å². The Bertz CT molecular complexity index is 562. The molecule has 15 heavy (non-hydrogen) atoms. The Morgan fingerprint density at radius 3 is 2.47 bits per heavy atom. The topological polar surface area (TPSA) is 66.2 Å². The summed E-state index contributed by atoms with van der Waals surface area (Å²) in [7, 11) is 0. The van der Waals surface area contributed by atoms with E-state index in [2.05, 4.69) is 25.9 Å². The van der Waals surface area contributed by atoms with Gasteiger partial charge in [0.1, 0.15) is 11.3 Å². The van der Waals surface area contributed by atoms with Crippen molar-refractivity contribution in [1.29, 1.82) is 0 Å². The van der Waals surface area contributed by atoms with Crippen LogP contribution in [0.15, 0.2) is 10.5 Å². The summed E-state index contributed by atoms with van der Waals surface area (Å²) >= 11 is 2.83. The van der Waals surface area contributed by atoms with Gasteiger partial charge in [-0.2, -0.15) is 9.97 Å². The number of nitrogens with zero attached hydrogens (tertiary/aromatic N) is 2. The Labute approximate surface area is 90.3 Å². The van der Waals surface area contributed by atoms with Crippen molar-refractivity contribution in [2.45, 2.75) is 0 Å². The maximum absolute atomic E-state index is 13.2. The molecule has 0 aliphatic rings. The minimum Gasteiger partial charge on any atom is -0.493 e. The average Bonchev–Trinajstić information content (AvgIpc) is 2.13. The van der Waals surface area contributed by atoms with E-state index < -0.39 is 23.5 Å². The summed E-state index contributed by atoms with van der Waals surface area (Å²) in [5.74, 6) is -2.56. The summed E-state index contributed by atoms with van der Waals surface area (Å²) in [4.78, 5) is 6.53. The van der Waals surface area contributed by atoms with Gasteiger partial charge in [-0.3, -0.25) is 0 Å². The number of halogens is 3. The molecule has 0 aliphatic heterocycles. The Kier molecular flexibility index (Phi) is 2.18. The Balaban J connectivity index is 3.03. The molecule has 1 aromatic carbocycles. The molecule has 0 aliphatic carbocycles. The first-order valence-corrected chi connectivity index (χ1v) is 4.53. The SMILES string of the molecule is Oc1nc(O)c2c(Br)c(F)cc(F)c2n1. The third kappa shape index (κ3) is 1.48. The molecule has 2 rings (SSSR count). The summed E-state index contributed by atoms with van der Waals surface area (Å²) in [6.45, 7) is 0. The summed E-state index contributed by atoms with van der Waals surface area (Å²) in [5, 5.41) is 18.0. The van der Waals surface area contributed by atoms with E-state index in [1.807, 2.05) is 0 Å². The number of aromatic nitrogens is 2. The van der Waals surface area contributed by atoms with Crippen LogP contribution in [0.4, 0.5) is 8.78 Å². The van der Waals surface area contributed by atoms with Crippen molar-refractivity contribution in [1.82, 2.24) is 9.97 Å². The zero-order valence-corrected chi connectivity index (χ0v) is 8.59. The lowest BCUT2D eigenvalue weighted by molar-refractivity contribution is 0.402. The fourth-order valence-corrected chi connectivity index (χ4v) is 1.65. The molecular weight excluding hydrogens is 274 g/mol. The standard InChI is InChI=1S/C8H3BrF2N2O2/c9-5-2(10)1-3(11)6-4(5)7(14)13-8(15)12-6/h1H,(H2,12,13,14,15). The Morgan fingerprint density at radius 2 is 1.80 bits per heavy atom. The van der Waals surface area contributed by atoms with Gasteiger partial charge in [-0.05, 0) is 15.9 Å². The Morgan fingerprint density at radius 1 is 1.13 bits per heavy atom. The molecule has 2 aromatic rings. The lowest BCUT2D eigenvalue weighted by Crippen LogP contribution is -1.92. The van der Waals surface area contributed by atoms with Crippen LogP contribution in [0.5, 0.6) is 11.9 Å². The largest absolute Gasteiger partial charge is 0.493 e. The highest BCUT2D eigenvalue weighted by Gasteiger charge is 2.17. The number of hydrogen-bond acceptors (Lipinski definition) is 4. The minimum atomic E-state index is -0.987. The summed E-state index contributed by atoms with van der Waals surface area (Å²) in [5.41, 5.74) is -0.353. The molecule has 0 saturated carbocycles. The summed E-state index contributed by atoms with van der Waals surface area (Å²) < 4.78 is 26.1. The number of rotatable bonds is 0. The molecule has 2 N–H and O–H groups in total. The second-order valence-corrected chi connectivity index (χ2v) is 3.52. The second-order valence-electron chi connectivity index (χ2n) is 2.73. The fraction of sp³-hybridized carbons (Fsp3) is 0. The molecular formula is C8H3BrF2N2O2. The first kappa shape index (κ1) is 10.0. The number of aromatic hydroxyl groups is 2. The van der Waals surface area contributed by atoms with Crippen LogP contribution in [-0.2, 0) is 0 Å². The third-order valence-electron chi connectivity index (χ3n) is 1.79. The molecule has 0 bridgehead atoms. The maximum atomic E-state index is 13.2. The van der Waals surface area contributed by atoms with Gasteiger partial charge in [-0.25, -0.2) is 8.78 Å². The van der Waals surface area contributed by atoms with Crippen molar-refractivity contribution in [3.63, 3.8) is 0 Å². The van der Waals surface area contributed by atoms with Crippen molar-refractivity contribution < 1.29 is 19.0 Å². The molecule has 1 heterocycles. The third-order valence-corrected chi connectivity index (χ3v) is 2.56. The van der Waals surface area contributed by atoms with Crippen LogP contribution in [-0.4, -0.2) is 20.2 Å². The molecule has 78 valence electrons. The van der Waals surface area contributed by atoms with E-state index in [4.69, 9.17) is 5.11 Å². The van der Waals surface area contributed by atoms with Crippen molar-refractivity contribution in [2.75, 3.05) is 0 Å². The van der Waals surface area contributed by atoms with E-state index in [9.17, 15) is 13.9 Å². The molecule has 0 saturated heterocycles. The summed E-state index contributed by atoms with van der Waals surface area (Å²) in [6.07, 6.45) is 0. The van der Waals surface area contributed by atoms with Crippen molar-refractivity contribution >= 4 is 26.8 Å². The molecule has 7 heteroatoms. The van der Waals surface area contributed by atoms with Gasteiger partial charge in [-0.1, -0.05) is 0 Å². The number of fused-ring (bicyclic) bond motifs is 1. The van der Waals surface area contributed by atoms with Gasteiger partial charge in [0.25, 0.3) is 0 Å². The minimum absolute atomic E-state index is 0.156. The zero-order chi connectivity index (χ0) is 11.2. The van der Waals surface area contributed by atoms with E-state index in [1.54, 1.807) is 0 Å². The smallest absolute Gasteiger partial charge is 0.317 e. The first-order chi connectivity index (χ1) is 7.00. The molecule has 0 radical (unpaired) electrons. The van der Waals surface area contributed by atoms with Crippen LogP contribution >= 0.6 is 15.9 Å². The van der Waals surface area contributed by atoms with Gasteiger partial charge >= 0.3 is 6.01 Å².